The molecule has 0 spiro atoms. The number of aliphatic hydroxyl groups excluding tert-OH is 1. The molecule has 0 saturated heterocycles. The fraction of sp³-hybridized carbons (Fsp3) is 0.958. The average Bonchev–Trinajstić information content (AvgIpc) is 0.901. The lowest BCUT2D eigenvalue weighted by atomic mass is 10.0. The summed E-state index contributed by atoms with van der Waals surface area (Å²) in [5.74, 6) is -1.27. The van der Waals surface area contributed by atoms with Gasteiger partial charge in [-0.1, -0.05) is 471 Å². The highest BCUT2D eigenvalue weighted by atomic mass is 31.2. The molecule has 0 aromatic rings. The molecular weight excluding hydrogens is 1470 g/mol. The Morgan fingerprint density at radius 2 is 0.404 bits per heavy atom. The number of rotatable bonds is 95. The molecule has 0 aromatic carbocycles. The number of esters is 4. The summed E-state index contributed by atoms with van der Waals surface area (Å²) >= 11 is 0. The van der Waals surface area contributed by atoms with Crippen LogP contribution in [0.25, 0.3) is 0 Å². The van der Waals surface area contributed by atoms with Gasteiger partial charge in [0.2, 0.25) is 0 Å². The molecule has 3 N–H and O–H groups in total. The zero-order valence-electron chi connectivity index (χ0n) is 75.2. The molecule has 0 aromatic heterocycles. The number of hydrogen-bond donors (Lipinski definition) is 3. The molecule has 19 heteroatoms. The van der Waals surface area contributed by atoms with E-state index >= 15 is 0 Å². The van der Waals surface area contributed by atoms with Gasteiger partial charge in [0.05, 0.1) is 26.4 Å². The molecule has 0 rings (SSSR count). The van der Waals surface area contributed by atoms with Crippen LogP contribution in [-0.4, -0.2) is 96.7 Å². The first-order chi connectivity index (χ1) is 55.5. The highest BCUT2D eigenvalue weighted by Crippen LogP contribution is 2.45. The molecule has 0 aliphatic heterocycles. The second kappa shape index (κ2) is 87.4. The van der Waals surface area contributed by atoms with Crippen LogP contribution in [-0.2, 0) is 65.4 Å². The van der Waals surface area contributed by atoms with E-state index < -0.39 is 97.5 Å². The van der Waals surface area contributed by atoms with Crippen molar-refractivity contribution in [2.24, 2.45) is 5.92 Å². The monoisotopic (exact) mass is 1660 g/mol. The van der Waals surface area contributed by atoms with Crippen molar-refractivity contribution >= 4 is 39.5 Å². The van der Waals surface area contributed by atoms with E-state index in [1.165, 1.54) is 347 Å². The Morgan fingerprint density at radius 3 is 0.596 bits per heavy atom. The van der Waals surface area contributed by atoms with E-state index in [1.807, 2.05) is 0 Å². The summed E-state index contributed by atoms with van der Waals surface area (Å²) in [4.78, 5) is 73.5. The standard InChI is InChI=1S/C95H186O17P2/c1-6-9-12-15-18-21-24-26-28-30-32-34-36-38-44-48-52-56-61-66-71-76-81-95(100)112-91(85-106-93(98)79-74-69-64-59-54-50-46-42-40-39-41-45-49-53-57-62-67-72-77-88(4)5)87-110-114(103,104)108-83-89(96)82-107-113(101,102)109-86-90(84-105-92(97)78-73-68-63-58-23-20-17-14-11-8-3)111-94(99)80-75-70-65-60-55-51-47-43-37-35-33-31-29-27-25-22-19-16-13-10-7-2/h88-91,96H,6-87H2,1-5H3,(H,101,102)(H,103,104)/t89-,90+,91+/m0/s1. The Morgan fingerprint density at radius 1 is 0.237 bits per heavy atom. The van der Waals surface area contributed by atoms with Crippen LogP contribution in [0.2, 0.25) is 0 Å². The molecule has 5 atom stereocenters. The minimum atomic E-state index is -4.97. The van der Waals surface area contributed by atoms with Gasteiger partial charge in [0.1, 0.15) is 19.3 Å². The van der Waals surface area contributed by atoms with Gasteiger partial charge in [-0.15, -0.1) is 0 Å². The molecule has 0 radical (unpaired) electrons. The van der Waals surface area contributed by atoms with E-state index in [0.29, 0.717) is 25.7 Å². The van der Waals surface area contributed by atoms with Crippen LogP contribution in [0.3, 0.4) is 0 Å². The predicted octanol–water partition coefficient (Wildman–Crippen LogP) is 29.9. The number of aliphatic hydroxyl groups is 1. The Hall–Kier alpha value is -1.94. The van der Waals surface area contributed by atoms with Crippen LogP contribution in [0.1, 0.15) is 523 Å². The summed E-state index contributed by atoms with van der Waals surface area (Å²) in [5.41, 5.74) is 0. The van der Waals surface area contributed by atoms with Crippen molar-refractivity contribution in [3.8, 4) is 0 Å². The summed E-state index contributed by atoms with van der Waals surface area (Å²) in [5, 5.41) is 10.7. The lowest BCUT2D eigenvalue weighted by Crippen LogP contribution is -2.30. The van der Waals surface area contributed by atoms with Gasteiger partial charge in [-0.25, -0.2) is 9.13 Å². The fourth-order valence-corrected chi connectivity index (χ4v) is 16.6. The fourth-order valence-electron chi connectivity index (χ4n) is 15.1. The van der Waals surface area contributed by atoms with Crippen LogP contribution < -0.4 is 0 Å². The molecular formula is C95H186O17P2. The normalized spacial score (nSPS) is 13.6. The quantitative estimate of drug-likeness (QED) is 0.0222. The third kappa shape index (κ3) is 87.9. The molecule has 0 fully saturated rings. The van der Waals surface area contributed by atoms with Crippen molar-refractivity contribution in [1.82, 2.24) is 0 Å². The number of phosphoric acid groups is 2. The molecule has 0 heterocycles. The largest absolute Gasteiger partial charge is 0.472 e. The molecule has 678 valence electrons. The second-order valence-corrected chi connectivity index (χ2v) is 37.5. The number of ether oxygens (including phenoxy) is 4. The van der Waals surface area contributed by atoms with Gasteiger partial charge in [0.25, 0.3) is 0 Å². The molecule has 0 aliphatic rings. The summed E-state index contributed by atoms with van der Waals surface area (Å²) in [6, 6.07) is 0. The average molecular weight is 1660 g/mol. The molecule has 114 heavy (non-hydrogen) atoms. The van der Waals surface area contributed by atoms with Gasteiger partial charge >= 0.3 is 39.5 Å². The Labute approximate surface area is 702 Å². The lowest BCUT2D eigenvalue weighted by Gasteiger charge is -2.21. The lowest BCUT2D eigenvalue weighted by molar-refractivity contribution is -0.161. The van der Waals surface area contributed by atoms with E-state index in [0.717, 1.165) is 95.8 Å². The van der Waals surface area contributed by atoms with Gasteiger partial charge in [-0.05, 0) is 31.6 Å². The molecule has 0 amide bonds. The number of carbonyl (C=O) groups is 4. The van der Waals surface area contributed by atoms with E-state index in [4.69, 9.17) is 37.0 Å². The number of hydrogen-bond acceptors (Lipinski definition) is 15. The summed E-state index contributed by atoms with van der Waals surface area (Å²) in [6.07, 6.45) is 85.0. The van der Waals surface area contributed by atoms with E-state index in [-0.39, 0.29) is 25.7 Å². The number of carbonyl (C=O) groups excluding carboxylic acids is 4. The highest BCUT2D eigenvalue weighted by Gasteiger charge is 2.31. The Balaban J connectivity index is 5.19. The van der Waals surface area contributed by atoms with E-state index in [2.05, 4.69) is 34.6 Å². The minimum Gasteiger partial charge on any atom is -0.462 e. The van der Waals surface area contributed by atoms with Gasteiger partial charge in [-0.2, -0.15) is 0 Å². The van der Waals surface area contributed by atoms with Gasteiger partial charge in [-0.3, -0.25) is 37.3 Å². The smallest absolute Gasteiger partial charge is 0.462 e. The molecule has 17 nitrogen and oxygen atoms in total. The van der Waals surface area contributed by atoms with Crippen molar-refractivity contribution < 1.29 is 80.2 Å². The highest BCUT2D eigenvalue weighted by molar-refractivity contribution is 7.47. The van der Waals surface area contributed by atoms with Crippen LogP contribution in [0.5, 0.6) is 0 Å². The third-order valence-corrected chi connectivity index (χ3v) is 24.4. The van der Waals surface area contributed by atoms with Crippen molar-refractivity contribution in [2.75, 3.05) is 39.6 Å². The first kappa shape index (κ1) is 112. The molecule has 0 aliphatic carbocycles. The van der Waals surface area contributed by atoms with Crippen molar-refractivity contribution in [3.05, 3.63) is 0 Å². The number of phosphoric ester groups is 2. The molecule has 0 bridgehead atoms. The second-order valence-electron chi connectivity index (χ2n) is 34.6. The van der Waals surface area contributed by atoms with Crippen LogP contribution in [0.15, 0.2) is 0 Å². The van der Waals surface area contributed by atoms with Crippen molar-refractivity contribution in [1.29, 1.82) is 0 Å². The minimum absolute atomic E-state index is 0.110. The summed E-state index contributed by atoms with van der Waals surface area (Å²) in [7, 11) is -9.94. The number of unbranched alkanes of at least 4 members (excludes halogenated alkanes) is 67. The maximum atomic E-state index is 13.2. The SMILES string of the molecule is CCCCCCCCCCCCCCCCCCCCCCCCC(=O)O[C@H](COC(=O)CCCCCCCCCCCCCCCCCCCCC(C)C)COP(=O)(O)OC[C@@H](O)COP(=O)(O)OC[C@@H](COC(=O)CCCCCCCCCCCC)OC(=O)CCCCCCCCCCCCCCCCCCCCCCC. The summed E-state index contributed by atoms with van der Waals surface area (Å²) < 4.78 is 69.1. The molecule has 2 unspecified atom stereocenters. The van der Waals surface area contributed by atoms with Gasteiger partial charge < -0.3 is 33.8 Å². The van der Waals surface area contributed by atoms with Crippen LogP contribution in [0, 0.1) is 5.92 Å². The first-order valence-corrected chi connectivity index (χ1v) is 52.1. The van der Waals surface area contributed by atoms with Crippen molar-refractivity contribution in [3.63, 3.8) is 0 Å². The van der Waals surface area contributed by atoms with Gasteiger partial charge in [0.15, 0.2) is 12.2 Å². The topological polar surface area (TPSA) is 237 Å². The summed E-state index contributed by atoms with van der Waals surface area (Å²) in [6.45, 7) is 7.44. The Bertz CT molecular complexity index is 2150. The third-order valence-electron chi connectivity index (χ3n) is 22.5. The van der Waals surface area contributed by atoms with E-state index in [9.17, 15) is 43.2 Å². The van der Waals surface area contributed by atoms with Gasteiger partial charge in [0, 0.05) is 25.7 Å². The zero-order valence-corrected chi connectivity index (χ0v) is 77.0. The van der Waals surface area contributed by atoms with Crippen LogP contribution >= 0.6 is 15.6 Å². The van der Waals surface area contributed by atoms with Crippen molar-refractivity contribution in [2.45, 2.75) is 541 Å². The first-order valence-electron chi connectivity index (χ1n) is 49.1. The maximum absolute atomic E-state index is 13.2. The van der Waals surface area contributed by atoms with E-state index in [1.54, 1.807) is 0 Å². The predicted molar refractivity (Wildman–Crippen MR) is 474 cm³/mol. The molecule has 0 saturated carbocycles. The zero-order chi connectivity index (χ0) is 83.3. The maximum Gasteiger partial charge on any atom is 0.472 e. The Kier molecular flexibility index (Phi) is 85.9. The van der Waals surface area contributed by atoms with Crippen LogP contribution in [0.4, 0.5) is 0 Å².